The van der Waals surface area contributed by atoms with Gasteiger partial charge in [-0.3, -0.25) is 9.80 Å². The monoisotopic (exact) mass is 990 g/mol. The maximum atomic E-state index is 14.6. The third kappa shape index (κ3) is 9.34. The number of carbonyl (C=O) groups is 1. The Bertz CT molecular complexity index is 2570. The lowest BCUT2D eigenvalue weighted by Gasteiger charge is -2.57. The van der Waals surface area contributed by atoms with Gasteiger partial charge in [-0.05, 0) is 59.8 Å². The van der Waals surface area contributed by atoms with Crippen LogP contribution in [0.1, 0.15) is 66.2 Å². The summed E-state index contributed by atoms with van der Waals surface area (Å²) in [5.74, 6) is -0.642. The topological polar surface area (TPSA) is 141 Å². The number of hydrogen-bond acceptors (Lipinski definition) is 13. The van der Waals surface area contributed by atoms with Crippen molar-refractivity contribution in [1.82, 2.24) is 9.80 Å². The third-order valence-corrected chi connectivity index (χ3v) is 18.7. The van der Waals surface area contributed by atoms with Gasteiger partial charge in [-0.25, -0.2) is 4.79 Å². The molecule has 2 bridgehead atoms. The molecule has 14 nitrogen and oxygen atoms in total. The summed E-state index contributed by atoms with van der Waals surface area (Å²) in [5.41, 5.74) is -1.47. The van der Waals surface area contributed by atoms with E-state index in [1.807, 2.05) is 43.3 Å². The van der Waals surface area contributed by atoms with E-state index in [0.717, 1.165) is 16.7 Å². The van der Waals surface area contributed by atoms with Crippen molar-refractivity contribution < 1.29 is 68.2 Å². The highest BCUT2D eigenvalue weighted by Crippen LogP contribution is 2.58. The van der Waals surface area contributed by atoms with E-state index in [4.69, 9.17) is 53.4 Å². The first kappa shape index (κ1) is 48.5. The summed E-state index contributed by atoms with van der Waals surface area (Å²) in [6.07, 6.45) is -1.14. The number of aryl methyl sites for hydroxylation is 1. The van der Waals surface area contributed by atoms with E-state index in [1.165, 1.54) is 6.07 Å². The highest BCUT2D eigenvalue weighted by molar-refractivity contribution is 7.88. The van der Waals surface area contributed by atoms with Crippen LogP contribution in [0.2, 0.25) is 18.1 Å². The van der Waals surface area contributed by atoms with E-state index in [-0.39, 0.29) is 55.5 Å². The minimum Gasteiger partial charge on any atom is -0.493 e. The summed E-state index contributed by atoms with van der Waals surface area (Å²) in [4.78, 5) is 18.4. The summed E-state index contributed by atoms with van der Waals surface area (Å²) in [5, 5.41) is -0.234. The molecule has 20 heteroatoms. The Kier molecular flexibility index (Phi) is 13.7. The standard InChI is InChI=1S/C47H54ClF3N2O12SSi/c1-28-20-31-21-33-44-52(34(25-61-44)32-22-36(59-23-29-14-10-8-11-15-29)41(43-40(32)62-27-63-43)65-66(55,56)47(49,50)51)35(26-64-67(6,7)46(2,3)4)38(53(33)45(54)58-19-18-48)37(31)42(39(28)57-5)60-24-30-16-12-9-13-17-30/h8-17,20,22,33-35,38,44H,18-19,21,23-27H2,1-7H3/t33-,34-,35-,38-,44-/m0/s1. The zero-order valence-corrected chi connectivity index (χ0v) is 40.8. The van der Waals surface area contributed by atoms with Crippen molar-refractivity contribution in [2.75, 3.05) is 39.6 Å². The summed E-state index contributed by atoms with van der Waals surface area (Å²) in [6, 6.07) is 18.9. The molecule has 362 valence electrons. The maximum Gasteiger partial charge on any atom is 0.534 e. The smallest absolute Gasteiger partial charge is 0.493 e. The minimum atomic E-state index is -6.21. The van der Waals surface area contributed by atoms with E-state index in [2.05, 4.69) is 38.8 Å². The zero-order chi connectivity index (χ0) is 48.1. The highest BCUT2D eigenvalue weighted by Gasteiger charge is 2.61. The predicted molar refractivity (Wildman–Crippen MR) is 243 cm³/mol. The number of methoxy groups -OCH3 is 1. The number of carbonyl (C=O) groups excluding carboxylic acids is 1. The van der Waals surface area contributed by atoms with Crippen LogP contribution in [0.4, 0.5) is 18.0 Å². The lowest BCUT2D eigenvalue weighted by Crippen LogP contribution is -2.68. The first-order valence-corrected chi connectivity index (χ1v) is 26.7. The van der Waals surface area contributed by atoms with Crippen LogP contribution in [-0.4, -0.2) is 96.1 Å². The second kappa shape index (κ2) is 18.9. The van der Waals surface area contributed by atoms with Crippen molar-refractivity contribution in [3.05, 3.63) is 106 Å². The lowest BCUT2D eigenvalue weighted by atomic mass is 9.78. The van der Waals surface area contributed by atoms with Gasteiger partial charge in [0.25, 0.3) is 0 Å². The summed E-state index contributed by atoms with van der Waals surface area (Å²) < 4.78 is 122. The fourth-order valence-corrected chi connectivity index (χ4v) is 10.5. The van der Waals surface area contributed by atoms with E-state index in [1.54, 1.807) is 42.3 Å². The van der Waals surface area contributed by atoms with Crippen LogP contribution in [0, 0.1) is 6.92 Å². The zero-order valence-electron chi connectivity index (χ0n) is 38.2. The van der Waals surface area contributed by atoms with Gasteiger partial charge in [0.1, 0.15) is 26.0 Å². The molecule has 0 aromatic heterocycles. The SMILES string of the molecule is COc1c(C)cc2c(c1OCc1ccccc1)[C@@H]1[C@H](CO[Si](C)(C)C(C)(C)C)N3[C@H](c4cc(OCc5ccccc5)c(OS(=O)(=O)C(F)(F)F)c5c4OCO5)CO[C@H]3[C@H](C2)N1C(=O)OCCCl. The van der Waals surface area contributed by atoms with Crippen molar-refractivity contribution in [2.24, 2.45) is 0 Å². The van der Waals surface area contributed by atoms with Gasteiger partial charge in [0, 0.05) is 11.1 Å². The highest BCUT2D eigenvalue weighted by atomic mass is 35.5. The van der Waals surface area contributed by atoms with Gasteiger partial charge in [-0.15, -0.1) is 11.6 Å². The third-order valence-electron chi connectivity index (χ3n) is 13.1. The quantitative estimate of drug-likeness (QED) is 0.0484. The van der Waals surface area contributed by atoms with Crippen molar-refractivity contribution in [2.45, 2.75) is 101 Å². The van der Waals surface area contributed by atoms with Crippen LogP contribution in [0.15, 0.2) is 72.8 Å². The number of piperazine rings is 1. The van der Waals surface area contributed by atoms with Gasteiger partial charge in [0.2, 0.25) is 18.3 Å². The molecule has 8 rings (SSSR count). The second-order valence-electron chi connectivity index (χ2n) is 18.3. The van der Waals surface area contributed by atoms with Gasteiger partial charge in [0.15, 0.2) is 31.3 Å². The molecule has 0 spiro atoms. The van der Waals surface area contributed by atoms with Crippen LogP contribution in [0.3, 0.4) is 0 Å². The predicted octanol–water partition coefficient (Wildman–Crippen LogP) is 9.57. The molecular formula is C47H54ClF3N2O12SSi. The Hall–Kier alpha value is -4.92. The first-order chi connectivity index (χ1) is 31.8. The molecule has 0 unspecified atom stereocenters. The van der Waals surface area contributed by atoms with Gasteiger partial charge in [-0.2, -0.15) is 21.6 Å². The number of ether oxygens (including phenoxy) is 7. The van der Waals surface area contributed by atoms with Crippen LogP contribution >= 0.6 is 11.6 Å². The molecule has 2 saturated heterocycles. The van der Waals surface area contributed by atoms with E-state index in [9.17, 15) is 26.4 Å². The molecule has 67 heavy (non-hydrogen) atoms. The Balaban J connectivity index is 1.32. The molecule has 5 atom stereocenters. The Morgan fingerprint density at radius 3 is 2.16 bits per heavy atom. The Labute approximate surface area is 394 Å². The number of fused-ring (bicyclic) bond motifs is 7. The number of benzene rings is 4. The van der Waals surface area contributed by atoms with Gasteiger partial charge in [0.05, 0.1) is 50.4 Å². The van der Waals surface area contributed by atoms with Gasteiger partial charge in [-0.1, -0.05) is 87.5 Å². The van der Waals surface area contributed by atoms with Crippen LogP contribution in [-0.2, 0) is 43.7 Å². The molecule has 4 aromatic rings. The number of nitrogens with zero attached hydrogens (tertiary/aromatic N) is 2. The largest absolute Gasteiger partial charge is 0.534 e. The molecule has 4 heterocycles. The van der Waals surface area contributed by atoms with Crippen LogP contribution < -0.4 is 27.9 Å². The number of hydrogen-bond donors (Lipinski definition) is 0. The van der Waals surface area contributed by atoms with Gasteiger partial charge >= 0.3 is 21.7 Å². The lowest BCUT2D eigenvalue weighted by molar-refractivity contribution is -0.135. The molecule has 1 amide bonds. The molecule has 0 saturated carbocycles. The maximum absolute atomic E-state index is 14.6. The van der Waals surface area contributed by atoms with E-state index in [0.29, 0.717) is 34.6 Å². The first-order valence-electron chi connectivity index (χ1n) is 21.8. The second-order valence-corrected chi connectivity index (χ2v) is 25.0. The number of halogens is 4. The minimum absolute atomic E-state index is 0.0138. The summed E-state index contributed by atoms with van der Waals surface area (Å²) in [7, 11) is -7.20. The fourth-order valence-electron chi connectivity index (χ4n) is 8.95. The molecule has 0 radical (unpaired) electrons. The summed E-state index contributed by atoms with van der Waals surface area (Å²) in [6.45, 7) is 12.1. The molecule has 4 aliphatic heterocycles. The van der Waals surface area contributed by atoms with Crippen molar-refractivity contribution in [3.63, 3.8) is 0 Å². The fraction of sp³-hybridized carbons (Fsp3) is 0.468. The van der Waals surface area contributed by atoms with Crippen LogP contribution in [0.25, 0.3) is 0 Å². The van der Waals surface area contributed by atoms with Crippen molar-refractivity contribution >= 4 is 36.1 Å². The Morgan fingerprint density at radius 1 is 0.910 bits per heavy atom. The average Bonchev–Trinajstić information content (AvgIpc) is 3.95. The van der Waals surface area contributed by atoms with Crippen molar-refractivity contribution in [3.8, 4) is 34.5 Å². The normalized spacial score (nSPS) is 21.4. The molecular weight excluding hydrogens is 937 g/mol. The molecule has 0 N–H and O–H groups in total. The average molecular weight is 992 g/mol. The van der Waals surface area contributed by atoms with Gasteiger partial charge < -0.3 is 41.8 Å². The molecule has 4 aliphatic rings. The van der Waals surface area contributed by atoms with E-state index >= 15 is 0 Å². The Morgan fingerprint density at radius 2 is 1.55 bits per heavy atom. The van der Waals surface area contributed by atoms with Crippen LogP contribution in [0.5, 0.6) is 34.5 Å². The summed E-state index contributed by atoms with van der Waals surface area (Å²) >= 11 is 6.09. The number of amides is 1. The number of alkyl halides is 4. The molecule has 4 aromatic carbocycles. The molecule has 2 fully saturated rings. The molecule has 0 aliphatic carbocycles. The van der Waals surface area contributed by atoms with E-state index < -0.39 is 78.7 Å². The van der Waals surface area contributed by atoms with Crippen molar-refractivity contribution in [1.29, 1.82) is 0 Å². The number of rotatable bonds is 15.